The first-order chi connectivity index (χ1) is 8.91. The molecule has 1 aliphatic rings. The molecule has 1 aromatic carbocycles. The first kappa shape index (κ1) is 13.3. The van der Waals surface area contributed by atoms with E-state index in [1.807, 2.05) is 18.9 Å². The normalized spacial score (nSPS) is 15.9. The zero-order valence-electron chi connectivity index (χ0n) is 10.9. The zero-order valence-corrected chi connectivity index (χ0v) is 10.9. The Morgan fingerprint density at radius 2 is 2.16 bits per heavy atom. The first-order valence-corrected chi connectivity index (χ1v) is 6.16. The summed E-state index contributed by atoms with van der Waals surface area (Å²) in [4.78, 5) is 23.3. The maximum atomic E-state index is 11.3. The van der Waals surface area contributed by atoms with E-state index in [4.69, 9.17) is 0 Å². The fraction of sp³-hybridized carbons (Fsp3) is 0.462. The smallest absolute Gasteiger partial charge is 0.338 e. The zero-order chi connectivity index (χ0) is 14.2. The minimum Gasteiger partial charge on any atom is -0.478 e. The molecular weight excluding hydrogens is 248 g/mol. The van der Waals surface area contributed by atoms with Crippen LogP contribution in [0.25, 0.3) is 0 Å². The van der Waals surface area contributed by atoms with Crippen LogP contribution in [-0.2, 0) is 0 Å². The molecule has 0 saturated heterocycles. The Morgan fingerprint density at radius 3 is 2.63 bits per heavy atom. The number of nitro benzene ring substituents is 1. The highest BCUT2D eigenvalue weighted by atomic mass is 16.6. The standard InChI is InChI=1S/C13H16N2O4/c1-8(9-3-4-9)14(2)12-6-5-10(15(18)19)7-11(12)13(16)17/h5-9H,3-4H2,1-2H3,(H,16,17). The van der Waals surface area contributed by atoms with Crippen molar-refractivity contribution < 1.29 is 14.8 Å². The van der Waals surface area contributed by atoms with Gasteiger partial charge >= 0.3 is 5.97 Å². The van der Waals surface area contributed by atoms with E-state index in [1.165, 1.54) is 12.1 Å². The van der Waals surface area contributed by atoms with Crippen LogP contribution < -0.4 is 4.90 Å². The van der Waals surface area contributed by atoms with Gasteiger partial charge in [-0.2, -0.15) is 0 Å². The quantitative estimate of drug-likeness (QED) is 0.652. The van der Waals surface area contributed by atoms with E-state index >= 15 is 0 Å². The van der Waals surface area contributed by atoms with Crippen molar-refractivity contribution in [2.75, 3.05) is 11.9 Å². The topological polar surface area (TPSA) is 83.7 Å². The van der Waals surface area contributed by atoms with E-state index in [0.29, 0.717) is 11.6 Å². The fourth-order valence-corrected chi connectivity index (χ4v) is 2.23. The lowest BCUT2D eigenvalue weighted by molar-refractivity contribution is -0.384. The number of nitro groups is 1. The Labute approximate surface area is 110 Å². The van der Waals surface area contributed by atoms with Gasteiger partial charge in [-0.05, 0) is 31.7 Å². The summed E-state index contributed by atoms with van der Waals surface area (Å²) in [6.07, 6.45) is 2.31. The lowest BCUT2D eigenvalue weighted by Gasteiger charge is -2.28. The molecule has 1 aromatic rings. The number of benzene rings is 1. The maximum Gasteiger partial charge on any atom is 0.338 e. The molecule has 0 aromatic heterocycles. The minimum absolute atomic E-state index is 0.0239. The van der Waals surface area contributed by atoms with Gasteiger partial charge in [-0.15, -0.1) is 0 Å². The molecule has 0 spiro atoms. The van der Waals surface area contributed by atoms with Gasteiger partial charge in [0.2, 0.25) is 0 Å². The summed E-state index contributed by atoms with van der Waals surface area (Å²) in [5, 5.41) is 19.9. The summed E-state index contributed by atoms with van der Waals surface area (Å²) in [7, 11) is 1.83. The van der Waals surface area contributed by atoms with Crippen molar-refractivity contribution in [1.82, 2.24) is 0 Å². The van der Waals surface area contributed by atoms with Gasteiger partial charge in [-0.1, -0.05) is 0 Å². The third-order valence-corrected chi connectivity index (χ3v) is 3.72. The molecule has 19 heavy (non-hydrogen) atoms. The molecule has 2 rings (SSSR count). The predicted molar refractivity (Wildman–Crippen MR) is 70.6 cm³/mol. The van der Waals surface area contributed by atoms with Gasteiger partial charge in [0.15, 0.2) is 0 Å². The average molecular weight is 264 g/mol. The molecule has 1 unspecified atom stereocenters. The van der Waals surface area contributed by atoms with Crippen LogP contribution in [0.15, 0.2) is 18.2 Å². The van der Waals surface area contributed by atoms with Crippen LogP contribution in [-0.4, -0.2) is 29.1 Å². The van der Waals surface area contributed by atoms with Crippen LogP contribution in [0.2, 0.25) is 0 Å². The Bertz CT molecular complexity index is 525. The number of carboxylic acids is 1. The first-order valence-electron chi connectivity index (χ1n) is 6.16. The van der Waals surface area contributed by atoms with Gasteiger partial charge in [0.1, 0.15) is 0 Å². The lowest BCUT2D eigenvalue weighted by atomic mass is 10.1. The predicted octanol–water partition coefficient (Wildman–Crippen LogP) is 2.53. The molecule has 6 heteroatoms. The summed E-state index contributed by atoms with van der Waals surface area (Å²) in [5.74, 6) is -0.560. The molecule has 1 aliphatic carbocycles. The second-order valence-corrected chi connectivity index (χ2v) is 4.95. The molecule has 6 nitrogen and oxygen atoms in total. The number of carbonyl (C=O) groups is 1. The number of nitrogens with zero attached hydrogens (tertiary/aromatic N) is 2. The highest BCUT2D eigenvalue weighted by Crippen LogP contribution is 2.37. The largest absolute Gasteiger partial charge is 0.478 e. The van der Waals surface area contributed by atoms with Crippen molar-refractivity contribution in [3.63, 3.8) is 0 Å². The third-order valence-electron chi connectivity index (χ3n) is 3.72. The molecule has 1 saturated carbocycles. The van der Waals surface area contributed by atoms with Crippen LogP contribution in [0.1, 0.15) is 30.1 Å². The molecule has 0 bridgehead atoms. The van der Waals surface area contributed by atoms with Crippen LogP contribution >= 0.6 is 0 Å². The molecule has 0 radical (unpaired) electrons. The monoisotopic (exact) mass is 264 g/mol. The molecule has 102 valence electrons. The highest BCUT2D eigenvalue weighted by molar-refractivity contribution is 5.95. The lowest BCUT2D eigenvalue weighted by Crippen LogP contribution is -2.31. The van der Waals surface area contributed by atoms with Crippen molar-refractivity contribution in [3.05, 3.63) is 33.9 Å². The number of non-ortho nitro benzene ring substituents is 1. The van der Waals surface area contributed by atoms with Crippen molar-refractivity contribution in [2.24, 2.45) is 5.92 Å². The van der Waals surface area contributed by atoms with Gasteiger partial charge < -0.3 is 10.0 Å². The minimum atomic E-state index is -1.14. The second-order valence-electron chi connectivity index (χ2n) is 4.95. The van der Waals surface area contributed by atoms with E-state index in [0.717, 1.165) is 18.9 Å². The number of aromatic carboxylic acids is 1. The van der Waals surface area contributed by atoms with Gasteiger partial charge in [0, 0.05) is 25.2 Å². The van der Waals surface area contributed by atoms with Gasteiger partial charge in [-0.3, -0.25) is 10.1 Å². The molecule has 1 atom stereocenters. The Kier molecular flexibility index (Phi) is 3.42. The number of hydrogen-bond donors (Lipinski definition) is 1. The second kappa shape index (κ2) is 4.87. The van der Waals surface area contributed by atoms with Crippen LogP contribution in [0.3, 0.4) is 0 Å². The SMILES string of the molecule is CC(C1CC1)N(C)c1ccc([N+](=O)[O-])cc1C(=O)O. The Hall–Kier alpha value is -2.11. The Morgan fingerprint density at radius 1 is 1.53 bits per heavy atom. The number of hydrogen-bond acceptors (Lipinski definition) is 4. The van der Waals surface area contributed by atoms with Crippen LogP contribution in [0, 0.1) is 16.0 Å². The number of rotatable bonds is 5. The van der Waals surface area contributed by atoms with Crippen LogP contribution in [0.5, 0.6) is 0 Å². The third kappa shape index (κ3) is 2.67. The summed E-state index contributed by atoms with van der Waals surface area (Å²) in [6, 6.07) is 4.21. The number of anilines is 1. The van der Waals surface area contributed by atoms with Gasteiger partial charge in [0.05, 0.1) is 16.2 Å². The Balaban J connectivity index is 2.38. The molecule has 1 fully saturated rings. The molecule has 0 amide bonds. The molecule has 0 aliphatic heterocycles. The van der Waals surface area contributed by atoms with Gasteiger partial charge in [-0.25, -0.2) is 4.79 Å². The van der Waals surface area contributed by atoms with Gasteiger partial charge in [0.25, 0.3) is 5.69 Å². The highest BCUT2D eigenvalue weighted by Gasteiger charge is 2.32. The molecule has 0 heterocycles. The fourth-order valence-electron chi connectivity index (χ4n) is 2.23. The van der Waals surface area contributed by atoms with Crippen molar-refractivity contribution in [2.45, 2.75) is 25.8 Å². The summed E-state index contributed by atoms with van der Waals surface area (Å²) < 4.78 is 0. The molecular formula is C13H16N2O4. The van der Waals surface area contributed by atoms with Crippen LogP contribution in [0.4, 0.5) is 11.4 Å². The van der Waals surface area contributed by atoms with Crippen molar-refractivity contribution in [1.29, 1.82) is 0 Å². The average Bonchev–Trinajstić information content (AvgIpc) is 3.20. The van der Waals surface area contributed by atoms with E-state index in [9.17, 15) is 20.0 Å². The van der Waals surface area contributed by atoms with E-state index in [2.05, 4.69) is 0 Å². The number of carboxylic acid groups (broad SMARTS) is 1. The van der Waals surface area contributed by atoms with Crippen molar-refractivity contribution >= 4 is 17.3 Å². The van der Waals surface area contributed by atoms with Crippen molar-refractivity contribution in [3.8, 4) is 0 Å². The summed E-state index contributed by atoms with van der Waals surface area (Å²) >= 11 is 0. The summed E-state index contributed by atoms with van der Waals surface area (Å²) in [5.41, 5.74) is 0.301. The van der Waals surface area contributed by atoms with E-state index in [-0.39, 0.29) is 17.3 Å². The van der Waals surface area contributed by atoms with E-state index in [1.54, 1.807) is 0 Å². The van der Waals surface area contributed by atoms with E-state index < -0.39 is 10.9 Å². The molecule has 1 N–H and O–H groups in total. The maximum absolute atomic E-state index is 11.3. The summed E-state index contributed by atoms with van der Waals surface area (Å²) in [6.45, 7) is 2.05.